The van der Waals surface area contributed by atoms with Gasteiger partial charge in [-0.05, 0) is 17.3 Å². The number of thioether (sulfide) groups is 1. The Morgan fingerprint density at radius 1 is 1.29 bits per heavy atom. The lowest BCUT2D eigenvalue weighted by Crippen LogP contribution is -2.50. The molecule has 2 amide bonds. The van der Waals surface area contributed by atoms with E-state index in [0.717, 1.165) is 10.4 Å². The average Bonchev–Trinajstić information content (AvgIpc) is 3.20. The minimum atomic E-state index is -0.801. The van der Waals surface area contributed by atoms with Crippen LogP contribution in [0.15, 0.2) is 36.5 Å². The second-order valence-electron chi connectivity index (χ2n) is 5.57. The summed E-state index contributed by atoms with van der Waals surface area (Å²) in [5.74, 6) is -0.477. The maximum atomic E-state index is 13.1. The van der Waals surface area contributed by atoms with Gasteiger partial charge in [0.05, 0.1) is 17.7 Å². The lowest BCUT2D eigenvalue weighted by Gasteiger charge is -2.24. The molecular weight excluding hydrogens is 366 g/mol. The van der Waals surface area contributed by atoms with Gasteiger partial charge in [0.2, 0.25) is 0 Å². The number of hydrogen-bond donors (Lipinski definition) is 0. The second-order valence-corrected chi connectivity index (χ2v) is 8.21. The van der Waals surface area contributed by atoms with Crippen LogP contribution in [0.1, 0.15) is 22.4 Å². The molecule has 122 valence electrons. The van der Waals surface area contributed by atoms with Gasteiger partial charge in [-0.15, -0.1) is 11.3 Å². The topological polar surface area (TPSA) is 53.3 Å². The fourth-order valence-corrected chi connectivity index (χ4v) is 5.46. The molecule has 0 bridgehead atoms. The monoisotopic (exact) mass is 378 g/mol. The summed E-state index contributed by atoms with van der Waals surface area (Å²) >= 11 is 8.84. The predicted octanol–water partition coefficient (Wildman–Crippen LogP) is 2.74. The van der Waals surface area contributed by atoms with E-state index in [0.29, 0.717) is 15.4 Å². The summed E-state index contributed by atoms with van der Waals surface area (Å²) in [5.41, 5.74) is 0.719. The van der Waals surface area contributed by atoms with Gasteiger partial charge in [-0.3, -0.25) is 0 Å². The second kappa shape index (κ2) is 5.98. The third-order valence-corrected chi connectivity index (χ3v) is 6.62. The van der Waals surface area contributed by atoms with Gasteiger partial charge in [-0.2, -0.15) is 9.48 Å². The molecule has 2 aliphatic rings. The highest BCUT2D eigenvalue weighted by atomic mass is 35.5. The van der Waals surface area contributed by atoms with Crippen molar-refractivity contribution in [1.82, 2.24) is 9.88 Å². The van der Waals surface area contributed by atoms with E-state index in [1.165, 1.54) is 23.1 Å². The van der Waals surface area contributed by atoms with Gasteiger partial charge >= 0.3 is 17.0 Å². The Labute approximate surface area is 152 Å². The Kier molecular flexibility index (Phi) is 3.94. The van der Waals surface area contributed by atoms with Gasteiger partial charge in [0.25, 0.3) is 0 Å². The van der Waals surface area contributed by atoms with Crippen molar-refractivity contribution >= 4 is 51.7 Å². The SMILES string of the molecule is CN1C(=O)C(c2ccccc2)C(=O)[N+]2=C1SCC2c1cnc(Cl)s1. The molecule has 0 N–H and O–H groups in total. The van der Waals surface area contributed by atoms with E-state index < -0.39 is 5.92 Å². The molecule has 0 fully saturated rings. The molecule has 5 nitrogen and oxygen atoms in total. The van der Waals surface area contributed by atoms with Crippen molar-refractivity contribution in [3.63, 3.8) is 0 Å². The highest BCUT2D eigenvalue weighted by Crippen LogP contribution is 2.39. The Bertz CT molecular complexity index is 865. The molecule has 8 heteroatoms. The number of thiazole rings is 1. The molecule has 0 saturated carbocycles. The number of likely N-dealkylation sites (N-methyl/N-ethyl adjacent to an activating group) is 1. The number of hydrogen-bond acceptors (Lipinski definition) is 5. The van der Waals surface area contributed by atoms with Crippen molar-refractivity contribution in [2.24, 2.45) is 0 Å². The molecule has 1 aromatic carbocycles. The van der Waals surface area contributed by atoms with Crippen molar-refractivity contribution in [2.45, 2.75) is 12.0 Å². The normalized spacial score (nSPS) is 23.8. The fraction of sp³-hybridized carbons (Fsp3) is 0.250. The highest BCUT2D eigenvalue weighted by molar-refractivity contribution is 8.13. The summed E-state index contributed by atoms with van der Waals surface area (Å²) in [6.45, 7) is 0. The Hall–Kier alpha value is -1.70. The Morgan fingerprint density at radius 2 is 2.04 bits per heavy atom. The maximum Gasteiger partial charge on any atom is 0.330 e. The van der Waals surface area contributed by atoms with Gasteiger partial charge < -0.3 is 0 Å². The van der Waals surface area contributed by atoms with Crippen LogP contribution in [0.5, 0.6) is 0 Å². The van der Waals surface area contributed by atoms with Crippen LogP contribution in [0.25, 0.3) is 0 Å². The third-order valence-electron chi connectivity index (χ3n) is 4.19. The molecular formula is C16H13ClN3O2S2+. The Balaban J connectivity index is 1.80. The summed E-state index contributed by atoms with van der Waals surface area (Å²) in [4.78, 5) is 32.5. The largest absolute Gasteiger partial charge is 0.330 e. The molecule has 2 unspecified atom stereocenters. The summed E-state index contributed by atoms with van der Waals surface area (Å²) < 4.78 is 2.19. The lowest BCUT2D eigenvalue weighted by molar-refractivity contribution is -0.489. The van der Waals surface area contributed by atoms with E-state index in [1.807, 2.05) is 30.3 Å². The van der Waals surface area contributed by atoms with Crippen LogP contribution < -0.4 is 0 Å². The van der Waals surface area contributed by atoms with E-state index in [1.54, 1.807) is 22.7 Å². The minimum absolute atomic E-state index is 0.135. The molecule has 2 atom stereocenters. The van der Waals surface area contributed by atoms with E-state index in [-0.39, 0.29) is 17.9 Å². The van der Waals surface area contributed by atoms with Gasteiger partial charge in [0.1, 0.15) is 0 Å². The number of carbonyl (C=O) groups excluding carboxylic acids is 2. The van der Waals surface area contributed by atoms with Crippen molar-refractivity contribution in [1.29, 1.82) is 0 Å². The van der Waals surface area contributed by atoms with E-state index in [4.69, 9.17) is 11.6 Å². The smallest absolute Gasteiger partial charge is 0.245 e. The lowest BCUT2D eigenvalue weighted by atomic mass is 9.95. The molecule has 0 spiro atoms. The van der Waals surface area contributed by atoms with E-state index >= 15 is 0 Å². The Morgan fingerprint density at radius 3 is 2.71 bits per heavy atom. The quantitative estimate of drug-likeness (QED) is 0.595. The van der Waals surface area contributed by atoms with Gasteiger partial charge in [0, 0.05) is 6.20 Å². The van der Waals surface area contributed by atoms with Crippen LogP contribution in [0.4, 0.5) is 0 Å². The number of nitrogens with zero attached hydrogens (tertiary/aromatic N) is 3. The predicted molar refractivity (Wildman–Crippen MR) is 94.6 cm³/mol. The first kappa shape index (κ1) is 15.8. The molecule has 0 radical (unpaired) electrons. The van der Waals surface area contributed by atoms with Gasteiger partial charge in [0.15, 0.2) is 16.4 Å². The summed E-state index contributed by atoms with van der Waals surface area (Å²) in [7, 11) is 1.72. The summed E-state index contributed by atoms with van der Waals surface area (Å²) in [6.07, 6.45) is 1.71. The molecule has 2 aromatic rings. The fourth-order valence-electron chi connectivity index (χ4n) is 3.03. The number of halogens is 1. The third kappa shape index (κ3) is 2.39. The van der Waals surface area contributed by atoms with Crippen LogP contribution in [-0.2, 0) is 9.59 Å². The zero-order valence-corrected chi connectivity index (χ0v) is 15.1. The molecule has 0 saturated heterocycles. The van der Waals surface area contributed by atoms with E-state index in [9.17, 15) is 9.59 Å². The first-order valence-corrected chi connectivity index (χ1v) is 9.52. The summed E-state index contributed by atoms with van der Waals surface area (Å²) in [6, 6.07) is 9.06. The number of benzene rings is 1. The maximum absolute atomic E-state index is 13.1. The number of carbonyl (C=O) groups is 2. The van der Waals surface area contributed by atoms with Crippen molar-refractivity contribution in [3.05, 3.63) is 51.4 Å². The van der Waals surface area contributed by atoms with Crippen molar-refractivity contribution in [2.75, 3.05) is 12.8 Å². The number of amidine groups is 1. The van der Waals surface area contributed by atoms with Crippen LogP contribution in [-0.4, -0.2) is 44.2 Å². The van der Waals surface area contributed by atoms with E-state index in [2.05, 4.69) is 4.98 Å². The first-order valence-electron chi connectivity index (χ1n) is 7.34. The van der Waals surface area contributed by atoms with Crippen LogP contribution in [0.2, 0.25) is 4.47 Å². The average molecular weight is 379 g/mol. The molecule has 4 rings (SSSR count). The standard InChI is InChI=1S/C16H13ClN3O2S2/c1-19-13(21)12(9-5-3-2-4-6-9)14(22)20-10(8-23-16(19)20)11-7-18-15(17)24-11/h2-7,10,12H,8H2,1H3/q+1. The van der Waals surface area contributed by atoms with Crippen molar-refractivity contribution < 1.29 is 14.2 Å². The zero-order chi connectivity index (χ0) is 16.8. The van der Waals surface area contributed by atoms with Gasteiger partial charge in [-0.1, -0.05) is 41.9 Å². The minimum Gasteiger partial charge on any atom is -0.245 e. The highest BCUT2D eigenvalue weighted by Gasteiger charge is 2.53. The van der Waals surface area contributed by atoms with Crippen LogP contribution in [0, 0.1) is 0 Å². The molecule has 3 heterocycles. The van der Waals surface area contributed by atoms with Gasteiger partial charge in [-0.25, -0.2) is 14.6 Å². The number of aromatic nitrogens is 1. The number of rotatable bonds is 2. The van der Waals surface area contributed by atoms with Crippen LogP contribution in [0.3, 0.4) is 0 Å². The molecule has 0 aliphatic carbocycles. The molecule has 2 aliphatic heterocycles. The zero-order valence-electron chi connectivity index (χ0n) is 12.7. The van der Waals surface area contributed by atoms with Crippen molar-refractivity contribution in [3.8, 4) is 0 Å². The number of amides is 2. The first-order chi connectivity index (χ1) is 11.6. The summed E-state index contributed by atoms with van der Waals surface area (Å²) in [5, 5.41) is 0.687. The molecule has 1 aromatic heterocycles. The molecule has 24 heavy (non-hydrogen) atoms. The van der Waals surface area contributed by atoms with Crippen LogP contribution >= 0.6 is 34.7 Å².